The smallest absolute Gasteiger partial charge is 0.370 e. The monoisotopic (exact) mass is 421 g/mol. The zero-order valence-corrected chi connectivity index (χ0v) is 15.2. The topological polar surface area (TPSA) is 178 Å². The first-order chi connectivity index (χ1) is 12.8. The fourth-order valence-electron chi connectivity index (χ4n) is 2.55. The average molecular weight is 422 g/mol. The number of nitrogens with zero attached hydrogens (tertiary/aromatic N) is 2. The minimum Gasteiger partial charge on any atom is -0.370 e. The summed E-state index contributed by atoms with van der Waals surface area (Å²) in [4.78, 5) is 28.5. The molecular weight excluding hydrogens is 403 g/mol. The van der Waals surface area contributed by atoms with Gasteiger partial charge in [0.25, 0.3) is 11.8 Å². The first-order valence-electron chi connectivity index (χ1n) is 7.71. The van der Waals surface area contributed by atoms with Gasteiger partial charge in [-0.3, -0.25) is 15.0 Å². The Kier molecular flexibility index (Phi) is 7.61. The summed E-state index contributed by atoms with van der Waals surface area (Å²) >= 11 is 5.84. The maximum Gasteiger partial charge on any atom is 0.390 e. The predicted molar refractivity (Wildman–Crippen MR) is 97.4 cm³/mol. The first kappa shape index (κ1) is 23.0. The zero-order chi connectivity index (χ0) is 21.6. The Labute approximate surface area is 163 Å². The number of hydrogen-bond donors (Lipinski definition) is 5. The highest BCUT2D eigenvalue weighted by Crippen LogP contribution is 2.38. The Morgan fingerprint density at radius 3 is 2.32 bits per heavy atom. The number of guanidine groups is 2. The average Bonchev–Trinajstić information content (AvgIpc) is 2.75. The maximum absolute atomic E-state index is 12.5. The van der Waals surface area contributed by atoms with Crippen LogP contribution in [0, 0.1) is 5.41 Å². The highest BCUT2D eigenvalue weighted by atomic mass is 35.5. The van der Waals surface area contributed by atoms with Crippen LogP contribution in [0.2, 0.25) is 5.02 Å². The molecule has 154 valence electrons. The molecule has 0 fully saturated rings. The predicted octanol–water partition coefficient (Wildman–Crippen LogP) is 0.818. The van der Waals surface area contributed by atoms with Crippen molar-refractivity contribution in [2.24, 2.45) is 27.9 Å². The van der Waals surface area contributed by atoms with Gasteiger partial charge < -0.3 is 27.8 Å². The number of alkyl halides is 3. The van der Waals surface area contributed by atoms with Crippen molar-refractivity contribution in [3.05, 3.63) is 34.3 Å². The van der Waals surface area contributed by atoms with Crippen molar-refractivity contribution in [2.75, 3.05) is 6.54 Å². The molecule has 1 unspecified atom stereocenters. The van der Waals surface area contributed by atoms with Crippen LogP contribution >= 0.6 is 11.6 Å². The Bertz CT molecular complexity index is 790. The second kappa shape index (κ2) is 9.26. The molecule has 28 heavy (non-hydrogen) atoms. The van der Waals surface area contributed by atoms with Gasteiger partial charge in [0, 0.05) is 17.1 Å². The summed E-state index contributed by atoms with van der Waals surface area (Å²) in [6.45, 7) is -0.575. The molecule has 9 N–H and O–H groups in total. The molecule has 1 aliphatic heterocycles. The van der Waals surface area contributed by atoms with Crippen LogP contribution in [0.4, 0.5) is 13.2 Å². The molecule has 0 spiro atoms. The van der Waals surface area contributed by atoms with Gasteiger partial charge in [-0.1, -0.05) is 17.7 Å². The Morgan fingerprint density at radius 2 is 1.82 bits per heavy atom. The molecule has 2 amide bonds. The van der Waals surface area contributed by atoms with Crippen LogP contribution < -0.4 is 22.9 Å². The number of benzene rings is 1. The molecule has 1 aromatic rings. The number of aliphatic imine (C=N–C) groups is 1. The van der Waals surface area contributed by atoms with E-state index >= 15 is 0 Å². The summed E-state index contributed by atoms with van der Waals surface area (Å²) in [6, 6.07) is 3.50. The van der Waals surface area contributed by atoms with Crippen LogP contribution in [-0.4, -0.2) is 41.4 Å². The van der Waals surface area contributed by atoms with Crippen molar-refractivity contribution in [3.8, 4) is 0 Å². The number of carbonyl (C=O) groups is 2. The molecule has 1 atom stereocenters. The molecule has 0 radical (unpaired) electrons. The normalized spacial score (nSPS) is 15.4. The largest absolute Gasteiger partial charge is 0.390 e. The van der Waals surface area contributed by atoms with E-state index in [2.05, 4.69) is 16.5 Å². The summed E-state index contributed by atoms with van der Waals surface area (Å²) < 4.78 is 37.5. The van der Waals surface area contributed by atoms with Crippen LogP contribution in [0.1, 0.15) is 34.8 Å². The van der Waals surface area contributed by atoms with E-state index in [4.69, 9.17) is 28.5 Å². The number of halogens is 4. The molecule has 13 heteroatoms. The van der Waals surface area contributed by atoms with Crippen LogP contribution in [0.3, 0.4) is 0 Å². The van der Waals surface area contributed by atoms with E-state index in [9.17, 15) is 22.8 Å². The number of carbonyl (C=O) groups excluding carboxylic acids is 2. The van der Waals surface area contributed by atoms with Gasteiger partial charge in [0.2, 0.25) is 0 Å². The van der Waals surface area contributed by atoms with E-state index in [0.29, 0.717) is 5.56 Å². The van der Waals surface area contributed by atoms with Gasteiger partial charge in [0.1, 0.15) is 0 Å². The van der Waals surface area contributed by atoms with Gasteiger partial charge >= 0.3 is 6.18 Å². The molecule has 1 aromatic carbocycles. The number of hydrogen-bond acceptors (Lipinski definition) is 3. The van der Waals surface area contributed by atoms with Gasteiger partial charge in [-0.25, -0.2) is 0 Å². The van der Waals surface area contributed by atoms with Gasteiger partial charge in [0.15, 0.2) is 11.9 Å². The molecule has 1 heterocycles. The fraction of sp³-hybridized carbons (Fsp3) is 0.333. The number of nitrogens with two attached hydrogens (primary N) is 4. The number of fused-ring (bicyclic) bond motifs is 1. The Morgan fingerprint density at radius 1 is 1.25 bits per heavy atom. The van der Waals surface area contributed by atoms with E-state index < -0.39 is 43.0 Å². The highest BCUT2D eigenvalue weighted by Gasteiger charge is 2.40. The summed E-state index contributed by atoms with van der Waals surface area (Å²) in [5.74, 6) is -2.13. The zero-order valence-electron chi connectivity index (χ0n) is 14.5. The maximum atomic E-state index is 12.5. The minimum atomic E-state index is -4.43. The molecule has 9 nitrogen and oxygen atoms in total. The lowest BCUT2D eigenvalue weighted by Gasteiger charge is -2.25. The van der Waals surface area contributed by atoms with E-state index in [1.54, 1.807) is 0 Å². The van der Waals surface area contributed by atoms with Crippen LogP contribution in [0.25, 0.3) is 0 Å². The Balaban J connectivity index is 0.000000892. The van der Waals surface area contributed by atoms with Crippen molar-refractivity contribution in [1.82, 2.24) is 4.90 Å². The van der Waals surface area contributed by atoms with E-state index in [0.717, 1.165) is 4.90 Å². The molecule has 0 aliphatic carbocycles. The summed E-state index contributed by atoms with van der Waals surface area (Å²) in [5.41, 5.74) is 19.8. The molecule has 1 aliphatic rings. The highest BCUT2D eigenvalue weighted by molar-refractivity contribution is 6.31. The minimum absolute atomic E-state index is 0.173. The van der Waals surface area contributed by atoms with E-state index in [-0.39, 0.29) is 23.0 Å². The lowest BCUT2D eigenvalue weighted by Crippen LogP contribution is -2.33. The van der Waals surface area contributed by atoms with Gasteiger partial charge in [0.05, 0.1) is 18.9 Å². The summed E-state index contributed by atoms with van der Waals surface area (Å²) in [6.07, 6.45) is -5.94. The summed E-state index contributed by atoms with van der Waals surface area (Å²) in [5, 5.41) is 6.33. The van der Waals surface area contributed by atoms with Crippen LogP contribution in [0.5, 0.6) is 0 Å². The van der Waals surface area contributed by atoms with Crippen molar-refractivity contribution >= 4 is 35.3 Å². The van der Waals surface area contributed by atoms with E-state index in [1.165, 1.54) is 18.2 Å². The fourth-order valence-corrected chi connectivity index (χ4v) is 2.72. The lowest BCUT2D eigenvalue weighted by molar-refractivity contribution is -0.137. The molecule has 0 saturated heterocycles. The third kappa shape index (κ3) is 6.95. The SMILES string of the molecule is N=C(N)N.NC(N)=NC(=O)CC1c2ccc(Cl)cc2C(=O)N1CCC(F)(F)F. The second-order valence-corrected chi connectivity index (χ2v) is 6.14. The van der Waals surface area contributed by atoms with Gasteiger partial charge in [-0.15, -0.1) is 0 Å². The standard InChI is InChI=1S/C14H14ClF3N4O2.CH5N3/c15-7-1-2-8-9(5-7)12(24)22(4-3-14(16,17)18)10(8)6-11(23)21-13(19)20;2-1(3)4/h1-2,5,10H,3-4,6H2,(H4,19,20,21,23);(H5,2,3,4). The molecule has 0 bridgehead atoms. The molecular formula is C15H19ClF3N7O2. The molecule has 2 rings (SSSR count). The van der Waals surface area contributed by atoms with E-state index in [1.807, 2.05) is 0 Å². The second-order valence-electron chi connectivity index (χ2n) is 5.70. The quantitative estimate of drug-likeness (QED) is 0.354. The Hall–Kier alpha value is -3.02. The third-order valence-corrected chi connectivity index (χ3v) is 3.73. The van der Waals surface area contributed by atoms with Crippen molar-refractivity contribution in [3.63, 3.8) is 0 Å². The number of amides is 2. The van der Waals surface area contributed by atoms with Crippen LogP contribution in [-0.2, 0) is 4.79 Å². The van der Waals surface area contributed by atoms with Crippen LogP contribution in [0.15, 0.2) is 23.2 Å². The van der Waals surface area contributed by atoms with Crippen molar-refractivity contribution in [2.45, 2.75) is 25.1 Å². The lowest BCUT2D eigenvalue weighted by atomic mass is 10.0. The number of rotatable bonds is 4. The number of nitrogens with one attached hydrogen (secondary N) is 1. The summed E-state index contributed by atoms with van der Waals surface area (Å²) in [7, 11) is 0. The van der Waals surface area contributed by atoms with Crippen molar-refractivity contribution in [1.29, 1.82) is 5.41 Å². The van der Waals surface area contributed by atoms with Gasteiger partial charge in [-0.05, 0) is 17.7 Å². The molecule has 0 aromatic heterocycles. The van der Waals surface area contributed by atoms with Gasteiger partial charge in [-0.2, -0.15) is 18.2 Å². The first-order valence-corrected chi connectivity index (χ1v) is 8.08. The van der Waals surface area contributed by atoms with Crippen molar-refractivity contribution < 1.29 is 22.8 Å². The molecule has 0 saturated carbocycles. The third-order valence-electron chi connectivity index (χ3n) is 3.50.